The van der Waals surface area contributed by atoms with Crippen LogP contribution in [0.3, 0.4) is 0 Å². The summed E-state index contributed by atoms with van der Waals surface area (Å²) in [7, 11) is 0. The molecule has 0 fully saturated rings. The van der Waals surface area contributed by atoms with Crippen molar-refractivity contribution in [2.45, 2.75) is 64.5 Å². The van der Waals surface area contributed by atoms with E-state index in [-0.39, 0.29) is 12.0 Å². The van der Waals surface area contributed by atoms with Crippen molar-refractivity contribution < 1.29 is 14.3 Å². The maximum absolute atomic E-state index is 11.2. The lowest BCUT2D eigenvalue weighted by Crippen LogP contribution is -2.18. The minimum atomic E-state index is -0.218. The zero-order valence-corrected chi connectivity index (χ0v) is 17.5. The highest BCUT2D eigenvalue weighted by atomic mass is 16.5. The number of carbonyl (C=O) groups is 1. The Kier molecular flexibility index (Phi) is 7.85. The van der Waals surface area contributed by atoms with Crippen molar-refractivity contribution in [3.05, 3.63) is 71.0 Å². The van der Waals surface area contributed by atoms with Gasteiger partial charge in [-0.2, -0.15) is 0 Å². The number of dihydropyridines is 1. The number of aliphatic imine (C=N–C) groups is 1. The van der Waals surface area contributed by atoms with E-state index in [1.807, 2.05) is 18.4 Å². The minimum Gasteiger partial charge on any atom is -0.491 e. The maximum Gasteiger partial charge on any atom is 0.302 e. The number of ether oxygens (including phenoxy) is 2. The van der Waals surface area contributed by atoms with E-state index in [1.165, 1.54) is 23.6 Å². The third-order valence-electron chi connectivity index (χ3n) is 5.41. The van der Waals surface area contributed by atoms with Crippen LogP contribution >= 0.6 is 0 Å². The van der Waals surface area contributed by atoms with Gasteiger partial charge in [0.1, 0.15) is 18.4 Å². The van der Waals surface area contributed by atoms with Crippen LogP contribution in [0.1, 0.15) is 63.0 Å². The van der Waals surface area contributed by atoms with Gasteiger partial charge in [-0.05, 0) is 41.5 Å². The van der Waals surface area contributed by atoms with E-state index in [4.69, 9.17) is 9.47 Å². The molecular weight excluding hydrogens is 362 g/mol. The van der Waals surface area contributed by atoms with Crippen LogP contribution in [0.25, 0.3) is 0 Å². The molecule has 0 aromatic heterocycles. The average Bonchev–Trinajstić information content (AvgIpc) is 2.74. The predicted molar refractivity (Wildman–Crippen MR) is 117 cm³/mol. The van der Waals surface area contributed by atoms with E-state index >= 15 is 0 Å². The molecule has 1 aromatic carbocycles. The average molecular weight is 394 g/mol. The van der Waals surface area contributed by atoms with Crippen molar-refractivity contribution in [3.8, 4) is 0 Å². The summed E-state index contributed by atoms with van der Waals surface area (Å²) in [6.45, 7) is 4.65. The number of hydrogen-bond acceptors (Lipinski definition) is 4. The lowest BCUT2D eigenvalue weighted by atomic mass is 9.88. The number of benzene rings is 1. The highest BCUT2D eigenvalue weighted by Crippen LogP contribution is 2.31. The minimum absolute atomic E-state index is 0.0132. The predicted octanol–water partition coefficient (Wildman–Crippen LogP) is 5.65. The summed E-state index contributed by atoms with van der Waals surface area (Å²) in [6.07, 6.45) is 15.4. The van der Waals surface area contributed by atoms with Gasteiger partial charge in [0, 0.05) is 19.6 Å². The SMILES string of the molecule is CCCCC(CCOC(C)=O)c1ccccc1COC1=CC=CC2=CCC=NC21. The quantitative estimate of drug-likeness (QED) is 0.482. The Hall–Kier alpha value is -2.62. The third-order valence-corrected chi connectivity index (χ3v) is 5.41. The zero-order valence-electron chi connectivity index (χ0n) is 17.5. The standard InChI is InChI=1S/C25H31NO3/c1-3-4-9-20(15-17-28-19(2)27)23-13-6-5-10-22(23)18-29-24-14-7-11-21-12-8-16-26-25(21)24/h5-7,10-14,16,20,25H,3-4,8-9,15,17-18H2,1-2H3. The molecule has 0 N–H and O–H groups in total. The smallest absolute Gasteiger partial charge is 0.302 e. The number of esters is 1. The van der Waals surface area contributed by atoms with Gasteiger partial charge < -0.3 is 9.47 Å². The van der Waals surface area contributed by atoms with Crippen molar-refractivity contribution >= 4 is 12.2 Å². The van der Waals surface area contributed by atoms with Gasteiger partial charge in [-0.15, -0.1) is 0 Å². The van der Waals surface area contributed by atoms with Crippen LogP contribution in [0.5, 0.6) is 0 Å². The molecule has 4 nitrogen and oxygen atoms in total. The molecule has 29 heavy (non-hydrogen) atoms. The van der Waals surface area contributed by atoms with E-state index in [1.54, 1.807) is 0 Å². The Morgan fingerprint density at radius 1 is 1.28 bits per heavy atom. The Balaban J connectivity index is 1.71. The van der Waals surface area contributed by atoms with Crippen LogP contribution < -0.4 is 0 Å². The van der Waals surface area contributed by atoms with Crippen LogP contribution in [0.15, 0.2) is 64.9 Å². The van der Waals surface area contributed by atoms with Crippen LogP contribution in [0.2, 0.25) is 0 Å². The Bertz CT molecular complexity index is 819. The first kappa shape index (κ1) is 21.1. The van der Waals surface area contributed by atoms with Crippen LogP contribution in [-0.2, 0) is 20.9 Å². The van der Waals surface area contributed by atoms with Gasteiger partial charge in [0.25, 0.3) is 0 Å². The number of hydrogen-bond donors (Lipinski definition) is 0. The second kappa shape index (κ2) is 10.8. The maximum atomic E-state index is 11.2. The number of nitrogens with zero attached hydrogens (tertiary/aromatic N) is 1. The largest absolute Gasteiger partial charge is 0.491 e. The lowest BCUT2D eigenvalue weighted by molar-refractivity contribution is -0.141. The molecule has 0 saturated carbocycles. The molecule has 154 valence electrons. The van der Waals surface area contributed by atoms with Gasteiger partial charge in [-0.1, -0.05) is 62.3 Å². The van der Waals surface area contributed by atoms with Crippen molar-refractivity contribution in [3.63, 3.8) is 0 Å². The monoisotopic (exact) mass is 393 g/mol. The van der Waals surface area contributed by atoms with Gasteiger partial charge in [-0.3, -0.25) is 9.79 Å². The second-order valence-electron chi connectivity index (χ2n) is 7.56. The van der Waals surface area contributed by atoms with Crippen molar-refractivity contribution in [1.29, 1.82) is 0 Å². The molecule has 4 heteroatoms. The van der Waals surface area contributed by atoms with Crippen LogP contribution in [-0.4, -0.2) is 24.8 Å². The van der Waals surface area contributed by atoms with E-state index in [0.717, 1.165) is 37.9 Å². The van der Waals surface area contributed by atoms with Gasteiger partial charge in [0.05, 0.1) is 6.61 Å². The first-order chi connectivity index (χ1) is 14.2. The molecule has 0 spiro atoms. The molecule has 0 amide bonds. The van der Waals surface area contributed by atoms with Crippen LogP contribution in [0, 0.1) is 0 Å². The molecule has 3 rings (SSSR count). The number of rotatable bonds is 10. The van der Waals surface area contributed by atoms with E-state index in [9.17, 15) is 4.79 Å². The molecule has 1 heterocycles. The first-order valence-electron chi connectivity index (χ1n) is 10.6. The van der Waals surface area contributed by atoms with Gasteiger partial charge in [0.2, 0.25) is 0 Å². The summed E-state index contributed by atoms with van der Waals surface area (Å²) >= 11 is 0. The van der Waals surface area contributed by atoms with Crippen molar-refractivity contribution in [1.82, 2.24) is 0 Å². The lowest BCUT2D eigenvalue weighted by Gasteiger charge is -2.25. The molecule has 1 aliphatic heterocycles. The number of allylic oxidation sites excluding steroid dienone is 3. The number of unbranched alkanes of at least 4 members (excludes halogenated alkanes) is 1. The zero-order chi connectivity index (χ0) is 20.5. The van der Waals surface area contributed by atoms with Crippen molar-refractivity contribution in [2.75, 3.05) is 6.61 Å². The number of fused-ring (bicyclic) bond motifs is 1. The Morgan fingerprint density at radius 3 is 2.97 bits per heavy atom. The molecule has 2 unspecified atom stereocenters. The van der Waals surface area contributed by atoms with Gasteiger partial charge >= 0.3 is 5.97 Å². The fourth-order valence-corrected chi connectivity index (χ4v) is 3.90. The summed E-state index contributed by atoms with van der Waals surface area (Å²) < 4.78 is 11.5. The molecule has 0 bridgehead atoms. The van der Waals surface area contributed by atoms with Crippen molar-refractivity contribution in [2.24, 2.45) is 4.99 Å². The molecular formula is C25H31NO3. The molecule has 2 atom stereocenters. The third kappa shape index (κ3) is 5.93. The van der Waals surface area contributed by atoms with E-state index in [2.05, 4.69) is 48.3 Å². The molecule has 1 aliphatic carbocycles. The fraction of sp³-hybridized carbons (Fsp3) is 0.440. The summed E-state index contributed by atoms with van der Waals surface area (Å²) in [5.74, 6) is 1.04. The van der Waals surface area contributed by atoms with E-state index in [0.29, 0.717) is 19.1 Å². The Labute approximate surface area is 174 Å². The van der Waals surface area contributed by atoms with Gasteiger partial charge in [-0.25, -0.2) is 0 Å². The molecule has 0 saturated heterocycles. The fourth-order valence-electron chi connectivity index (χ4n) is 3.90. The second-order valence-corrected chi connectivity index (χ2v) is 7.56. The molecule has 0 radical (unpaired) electrons. The normalized spacial score (nSPS) is 18.5. The number of carbonyl (C=O) groups excluding carboxylic acids is 1. The Morgan fingerprint density at radius 2 is 2.14 bits per heavy atom. The highest BCUT2D eigenvalue weighted by molar-refractivity contribution is 5.66. The molecule has 2 aliphatic rings. The topological polar surface area (TPSA) is 47.9 Å². The summed E-state index contributed by atoms with van der Waals surface area (Å²) in [5, 5.41) is 0. The van der Waals surface area contributed by atoms with E-state index < -0.39 is 0 Å². The summed E-state index contributed by atoms with van der Waals surface area (Å²) in [4.78, 5) is 15.8. The first-order valence-corrected chi connectivity index (χ1v) is 10.6. The highest BCUT2D eigenvalue weighted by Gasteiger charge is 2.22. The molecule has 1 aromatic rings. The van der Waals surface area contributed by atoms with Crippen LogP contribution in [0.4, 0.5) is 0 Å². The summed E-state index contributed by atoms with van der Waals surface area (Å²) in [6, 6.07) is 8.45. The summed E-state index contributed by atoms with van der Waals surface area (Å²) in [5.41, 5.74) is 3.70. The van der Waals surface area contributed by atoms with Gasteiger partial charge in [0.15, 0.2) is 0 Å².